The Morgan fingerprint density at radius 3 is 2.63 bits per heavy atom. The van der Waals surface area contributed by atoms with Gasteiger partial charge in [0.1, 0.15) is 6.04 Å². The van der Waals surface area contributed by atoms with E-state index in [9.17, 15) is 4.79 Å². The van der Waals surface area contributed by atoms with Crippen molar-refractivity contribution >= 4 is 5.91 Å². The van der Waals surface area contributed by atoms with Crippen LogP contribution in [0.4, 0.5) is 0 Å². The van der Waals surface area contributed by atoms with E-state index in [1.165, 1.54) is 0 Å². The van der Waals surface area contributed by atoms with Crippen LogP contribution in [0.2, 0.25) is 0 Å². The first kappa shape index (κ1) is 13.2. The monoisotopic (exact) mass is 259 g/mol. The second-order valence-corrected chi connectivity index (χ2v) is 4.44. The molecule has 2 rings (SSSR count). The highest BCUT2D eigenvalue weighted by Crippen LogP contribution is 2.14. The summed E-state index contributed by atoms with van der Waals surface area (Å²) in [4.78, 5) is 16.0. The Balaban J connectivity index is 2.01. The van der Waals surface area contributed by atoms with Gasteiger partial charge in [0, 0.05) is 31.2 Å². The molecule has 0 saturated heterocycles. The molecule has 19 heavy (non-hydrogen) atoms. The molecule has 2 heterocycles. The maximum Gasteiger partial charge on any atom is 0.242 e. The van der Waals surface area contributed by atoms with E-state index in [-0.39, 0.29) is 11.9 Å². The molecule has 0 aliphatic carbocycles. The van der Waals surface area contributed by atoms with Crippen LogP contribution in [0.15, 0.2) is 36.9 Å². The van der Waals surface area contributed by atoms with Gasteiger partial charge in [0.25, 0.3) is 0 Å². The van der Waals surface area contributed by atoms with Crippen molar-refractivity contribution in [3.8, 4) is 0 Å². The van der Waals surface area contributed by atoms with Crippen molar-refractivity contribution in [1.82, 2.24) is 20.1 Å². The molecular weight excluding hydrogens is 242 g/mol. The van der Waals surface area contributed by atoms with E-state index >= 15 is 0 Å². The third-order valence-corrected chi connectivity index (χ3v) is 2.93. The van der Waals surface area contributed by atoms with Crippen LogP contribution in [0.5, 0.6) is 0 Å². The Morgan fingerprint density at radius 2 is 2.05 bits per heavy atom. The minimum Gasteiger partial charge on any atom is -0.348 e. The lowest BCUT2D eigenvalue weighted by Gasteiger charge is -2.17. The Morgan fingerprint density at radius 1 is 1.37 bits per heavy atom. The van der Waals surface area contributed by atoms with Crippen molar-refractivity contribution in [2.45, 2.75) is 19.0 Å². The smallest absolute Gasteiger partial charge is 0.242 e. The van der Waals surface area contributed by atoms with E-state index in [2.05, 4.69) is 15.4 Å². The predicted octanol–water partition coefficient (Wildman–Crippen LogP) is 0.692. The molecule has 2 atom stereocenters. The number of nitrogens with two attached hydrogens (primary N) is 1. The molecule has 2 aromatic heterocycles. The number of amides is 1. The Bertz CT molecular complexity index is 551. The summed E-state index contributed by atoms with van der Waals surface area (Å²) in [6.45, 7) is 1.91. The summed E-state index contributed by atoms with van der Waals surface area (Å²) in [6.07, 6.45) is 6.72. The van der Waals surface area contributed by atoms with Crippen molar-refractivity contribution in [3.05, 3.63) is 48.0 Å². The molecule has 1 amide bonds. The van der Waals surface area contributed by atoms with Crippen molar-refractivity contribution in [3.63, 3.8) is 0 Å². The molecule has 0 saturated carbocycles. The predicted molar refractivity (Wildman–Crippen MR) is 70.9 cm³/mol. The van der Waals surface area contributed by atoms with Crippen LogP contribution in [0.3, 0.4) is 0 Å². The molecule has 0 aliphatic rings. The SMILES string of the molecule is C[C@@H](NC(=O)C(N)c1cnn(C)c1)c1ccncc1. The lowest BCUT2D eigenvalue weighted by molar-refractivity contribution is -0.123. The molecule has 0 radical (unpaired) electrons. The van der Waals surface area contributed by atoms with Gasteiger partial charge in [-0.1, -0.05) is 0 Å². The molecule has 100 valence electrons. The number of nitrogens with one attached hydrogen (secondary N) is 1. The minimum absolute atomic E-state index is 0.113. The van der Waals surface area contributed by atoms with E-state index in [4.69, 9.17) is 5.73 Å². The minimum atomic E-state index is -0.710. The van der Waals surface area contributed by atoms with Gasteiger partial charge < -0.3 is 11.1 Å². The van der Waals surface area contributed by atoms with Gasteiger partial charge in [-0.2, -0.15) is 5.10 Å². The number of aromatic nitrogens is 3. The number of carbonyl (C=O) groups excluding carboxylic acids is 1. The van der Waals surface area contributed by atoms with Crippen molar-refractivity contribution < 1.29 is 4.79 Å². The normalized spacial score (nSPS) is 13.8. The summed E-state index contributed by atoms with van der Waals surface area (Å²) < 4.78 is 1.62. The van der Waals surface area contributed by atoms with Gasteiger partial charge in [0.2, 0.25) is 5.91 Å². The number of hydrogen-bond donors (Lipinski definition) is 2. The number of carbonyl (C=O) groups is 1. The summed E-state index contributed by atoms with van der Waals surface area (Å²) in [5.41, 5.74) is 7.58. The first-order valence-corrected chi connectivity index (χ1v) is 6.02. The molecule has 6 heteroatoms. The highest BCUT2D eigenvalue weighted by Gasteiger charge is 2.19. The Labute approximate surface area is 111 Å². The van der Waals surface area contributed by atoms with Crippen LogP contribution in [0.25, 0.3) is 0 Å². The zero-order chi connectivity index (χ0) is 13.8. The zero-order valence-electron chi connectivity index (χ0n) is 10.9. The lowest BCUT2D eigenvalue weighted by atomic mass is 10.1. The van der Waals surface area contributed by atoms with Crippen LogP contribution >= 0.6 is 0 Å². The third kappa shape index (κ3) is 3.17. The second kappa shape index (κ2) is 5.62. The van der Waals surface area contributed by atoms with Gasteiger partial charge in [-0.05, 0) is 24.6 Å². The summed E-state index contributed by atoms with van der Waals surface area (Å²) >= 11 is 0. The fourth-order valence-electron chi connectivity index (χ4n) is 1.79. The van der Waals surface area contributed by atoms with Gasteiger partial charge in [0.05, 0.1) is 12.2 Å². The zero-order valence-corrected chi connectivity index (χ0v) is 10.9. The molecular formula is C13H17N5O. The van der Waals surface area contributed by atoms with Crippen molar-refractivity contribution in [2.75, 3.05) is 0 Å². The summed E-state index contributed by atoms with van der Waals surface area (Å²) in [7, 11) is 1.79. The molecule has 0 aliphatic heterocycles. The summed E-state index contributed by atoms with van der Waals surface area (Å²) in [5.74, 6) is -0.225. The standard InChI is InChI=1S/C13H17N5O/c1-9(10-3-5-15-6-4-10)17-13(19)12(14)11-7-16-18(2)8-11/h3-9,12H,14H2,1-2H3,(H,17,19)/t9-,12?/m1/s1. The molecule has 0 fully saturated rings. The first-order chi connectivity index (χ1) is 9.08. The molecule has 6 nitrogen and oxygen atoms in total. The van der Waals surface area contributed by atoms with Gasteiger partial charge in [-0.3, -0.25) is 14.5 Å². The maximum absolute atomic E-state index is 12.0. The van der Waals surface area contributed by atoms with Gasteiger partial charge in [-0.15, -0.1) is 0 Å². The highest BCUT2D eigenvalue weighted by molar-refractivity contribution is 5.83. The number of rotatable bonds is 4. The van der Waals surface area contributed by atoms with Crippen LogP contribution in [-0.4, -0.2) is 20.7 Å². The van der Waals surface area contributed by atoms with Crippen molar-refractivity contribution in [2.24, 2.45) is 12.8 Å². The molecule has 1 unspecified atom stereocenters. The summed E-state index contributed by atoms with van der Waals surface area (Å²) in [5, 5.41) is 6.88. The van der Waals surface area contributed by atoms with E-state index in [1.54, 1.807) is 36.5 Å². The third-order valence-electron chi connectivity index (χ3n) is 2.93. The average Bonchev–Trinajstić information content (AvgIpc) is 2.85. The average molecular weight is 259 g/mol. The number of pyridine rings is 1. The quantitative estimate of drug-likeness (QED) is 0.846. The highest BCUT2D eigenvalue weighted by atomic mass is 16.2. The van der Waals surface area contributed by atoms with E-state index in [1.807, 2.05) is 19.1 Å². The number of nitrogens with zero attached hydrogens (tertiary/aromatic N) is 3. The fraction of sp³-hybridized carbons (Fsp3) is 0.308. The Hall–Kier alpha value is -2.21. The van der Waals surface area contributed by atoms with Gasteiger partial charge >= 0.3 is 0 Å². The van der Waals surface area contributed by atoms with Crippen LogP contribution in [0.1, 0.15) is 30.1 Å². The molecule has 3 N–H and O–H groups in total. The molecule has 2 aromatic rings. The van der Waals surface area contributed by atoms with Crippen LogP contribution in [0, 0.1) is 0 Å². The van der Waals surface area contributed by atoms with Crippen molar-refractivity contribution in [1.29, 1.82) is 0 Å². The maximum atomic E-state index is 12.0. The number of hydrogen-bond acceptors (Lipinski definition) is 4. The topological polar surface area (TPSA) is 85.8 Å². The summed E-state index contributed by atoms with van der Waals surface area (Å²) in [6, 6.07) is 2.90. The van der Waals surface area contributed by atoms with Gasteiger partial charge in [0.15, 0.2) is 0 Å². The van der Waals surface area contributed by atoms with E-state index < -0.39 is 6.04 Å². The second-order valence-electron chi connectivity index (χ2n) is 4.44. The number of aryl methyl sites for hydroxylation is 1. The molecule has 0 spiro atoms. The lowest BCUT2D eigenvalue weighted by Crippen LogP contribution is -2.35. The fourth-order valence-corrected chi connectivity index (χ4v) is 1.79. The molecule has 0 aromatic carbocycles. The van der Waals surface area contributed by atoms with E-state index in [0.717, 1.165) is 5.56 Å². The first-order valence-electron chi connectivity index (χ1n) is 6.02. The Kier molecular flexibility index (Phi) is 3.91. The van der Waals surface area contributed by atoms with E-state index in [0.29, 0.717) is 5.56 Å². The molecule has 0 bridgehead atoms. The van der Waals surface area contributed by atoms with Crippen LogP contribution < -0.4 is 11.1 Å². The van der Waals surface area contributed by atoms with Gasteiger partial charge in [-0.25, -0.2) is 0 Å². The van der Waals surface area contributed by atoms with Crippen LogP contribution in [-0.2, 0) is 11.8 Å². The largest absolute Gasteiger partial charge is 0.348 e.